The summed E-state index contributed by atoms with van der Waals surface area (Å²) in [5.41, 5.74) is 1.08. The lowest BCUT2D eigenvalue weighted by Gasteiger charge is -2.09. The zero-order chi connectivity index (χ0) is 21.5. The van der Waals surface area contributed by atoms with E-state index in [4.69, 9.17) is 14.6 Å². The summed E-state index contributed by atoms with van der Waals surface area (Å²) in [5, 5.41) is 11.3. The number of hydrogen-bond acceptors (Lipinski definition) is 5. The van der Waals surface area contributed by atoms with Crippen LogP contribution >= 0.6 is 15.9 Å². The van der Waals surface area contributed by atoms with Gasteiger partial charge in [-0.05, 0) is 42.3 Å². The van der Waals surface area contributed by atoms with E-state index in [0.717, 1.165) is 10.0 Å². The second-order valence-corrected chi connectivity index (χ2v) is 7.41. The van der Waals surface area contributed by atoms with Crippen molar-refractivity contribution in [1.29, 1.82) is 0 Å². The summed E-state index contributed by atoms with van der Waals surface area (Å²) >= 11 is 3.31. The first-order chi connectivity index (χ1) is 14.4. The van der Waals surface area contributed by atoms with Gasteiger partial charge in [-0.2, -0.15) is 0 Å². The number of carbonyl (C=O) groups excluding carboxylic acids is 2. The van der Waals surface area contributed by atoms with E-state index in [1.54, 1.807) is 42.5 Å². The minimum atomic E-state index is -0.941. The number of fused-ring (bicyclic) bond motifs is 1. The molecule has 0 bridgehead atoms. The third-order valence-electron chi connectivity index (χ3n) is 4.23. The monoisotopic (exact) mass is 474 g/mol. The Morgan fingerprint density at radius 3 is 2.67 bits per heavy atom. The summed E-state index contributed by atoms with van der Waals surface area (Å²) in [5.74, 6) is -0.843. The van der Waals surface area contributed by atoms with Gasteiger partial charge in [0.25, 0.3) is 11.8 Å². The smallest absolute Gasteiger partial charge is 0.303 e. The molecule has 2 aromatic carbocycles. The van der Waals surface area contributed by atoms with Crippen LogP contribution in [0.5, 0.6) is 11.5 Å². The molecule has 2 N–H and O–H groups in total. The highest BCUT2D eigenvalue weighted by Gasteiger charge is 2.18. The lowest BCUT2D eigenvalue weighted by atomic mass is 10.1. The Kier molecular flexibility index (Phi) is 7.18. The fourth-order valence-corrected chi connectivity index (χ4v) is 3.17. The summed E-state index contributed by atoms with van der Waals surface area (Å²) in [7, 11) is 0. The zero-order valence-electron chi connectivity index (χ0n) is 15.9. The van der Waals surface area contributed by atoms with Gasteiger partial charge in [0.1, 0.15) is 5.71 Å². The molecular formula is C21H19BrN2O6. The van der Waals surface area contributed by atoms with Crippen molar-refractivity contribution in [2.24, 2.45) is 4.99 Å². The van der Waals surface area contributed by atoms with Crippen molar-refractivity contribution >= 4 is 39.4 Å². The highest BCUT2D eigenvalue weighted by Crippen LogP contribution is 2.32. The summed E-state index contributed by atoms with van der Waals surface area (Å²) in [6.45, 7) is 0.293. The molecule has 0 atom stereocenters. The normalized spacial score (nSPS) is 12.5. The van der Waals surface area contributed by atoms with Gasteiger partial charge in [0.05, 0.1) is 0 Å². The highest BCUT2D eigenvalue weighted by atomic mass is 79.9. The molecule has 9 heteroatoms. The summed E-state index contributed by atoms with van der Waals surface area (Å²) in [6, 6.07) is 12.0. The van der Waals surface area contributed by atoms with E-state index in [9.17, 15) is 14.4 Å². The molecule has 8 nitrogen and oxygen atoms in total. The zero-order valence-corrected chi connectivity index (χ0v) is 17.5. The number of aliphatic imine (C=N–C) groups is 1. The van der Waals surface area contributed by atoms with Gasteiger partial charge in [-0.3, -0.25) is 14.4 Å². The molecule has 0 aliphatic carbocycles. The van der Waals surface area contributed by atoms with Gasteiger partial charge in [-0.25, -0.2) is 4.99 Å². The molecule has 0 unspecified atom stereocenters. The molecule has 0 saturated heterocycles. The molecule has 1 aliphatic rings. The lowest BCUT2D eigenvalue weighted by molar-refractivity contribution is -0.137. The number of amides is 2. The average molecular weight is 475 g/mol. The molecule has 0 spiro atoms. The number of nitrogens with zero attached hydrogens (tertiary/aromatic N) is 1. The first-order valence-electron chi connectivity index (χ1n) is 9.18. The second kappa shape index (κ2) is 10.0. The Labute approximate surface area is 181 Å². The number of hydrogen-bond donors (Lipinski definition) is 2. The molecule has 0 radical (unpaired) electrons. The number of ether oxygens (including phenoxy) is 2. The van der Waals surface area contributed by atoms with Crippen molar-refractivity contribution < 1.29 is 29.0 Å². The molecular weight excluding hydrogens is 456 g/mol. The third-order valence-corrected chi connectivity index (χ3v) is 4.72. The van der Waals surface area contributed by atoms with Crippen molar-refractivity contribution in [3.8, 4) is 11.5 Å². The molecule has 2 amide bonds. The maximum absolute atomic E-state index is 12.7. The van der Waals surface area contributed by atoms with Crippen LogP contribution < -0.4 is 14.8 Å². The Hall–Kier alpha value is -3.20. The second-order valence-electron chi connectivity index (χ2n) is 6.49. The molecule has 0 aromatic heterocycles. The summed E-state index contributed by atoms with van der Waals surface area (Å²) in [4.78, 5) is 39.9. The van der Waals surface area contributed by atoms with Crippen molar-refractivity contribution in [2.45, 2.75) is 19.3 Å². The molecule has 2 aromatic rings. The Balaban J connectivity index is 1.79. The Bertz CT molecular complexity index is 1000. The van der Waals surface area contributed by atoms with E-state index in [1.165, 1.54) is 0 Å². The van der Waals surface area contributed by atoms with Crippen LogP contribution in [-0.2, 0) is 16.0 Å². The molecule has 0 fully saturated rings. The number of benzene rings is 2. The largest absolute Gasteiger partial charge is 0.481 e. The molecule has 1 heterocycles. The van der Waals surface area contributed by atoms with Gasteiger partial charge >= 0.3 is 5.97 Å². The number of aliphatic carboxylic acids is 1. The van der Waals surface area contributed by atoms with Crippen molar-refractivity contribution in [3.63, 3.8) is 0 Å². The SMILES string of the molecule is O=C(O)CCCNC(=O)C(Cc1ccc2c(c1)OCO2)=NC(=O)c1cccc(Br)c1. The van der Waals surface area contributed by atoms with E-state index < -0.39 is 17.8 Å². The first-order valence-corrected chi connectivity index (χ1v) is 9.97. The number of halogens is 1. The van der Waals surface area contributed by atoms with Crippen LogP contribution in [0, 0.1) is 0 Å². The van der Waals surface area contributed by atoms with Gasteiger partial charge in [-0.1, -0.05) is 28.1 Å². The van der Waals surface area contributed by atoms with Gasteiger partial charge in [0.2, 0.25) is 6.79 Å². The van der Waals surface area contributed by atoms with Gasteiger partial charge in [0.15, 0.2) is 11.5 Å². The van der Waals surface area contributed by atoms with Crippen LogP contribution in [0.4, 0.5) is 0 Å². The molecule has 156 valence electrons. The minimum absolute atomic E-state index is 0.0224. The van der Waals surface area contributed by atoms with Crippen LogP contribution in [0.15, 0.2) is 51.9 Å². The topological polar surface area (TPSA) is 114 Å². The third kappa shape index (κ3) is 5.90. The predicted molar refractivity (Wildman–Crippen MR) is 112 cm³/mol. The standard InChI is InChI=1S/C21H19BrN2O6/c22-15-4-1-3-14(11-15)20(27)24-16(21(28)23-8-2-5-19(25)26)9-13-6-7-17-18(10-13)30-12-29-17/h1,3-4,6-7,10-11H,2,5,8-9,12H2,(H,23,28)(H,25,26). The van der Waals surface area contributed by atoms with Gasteiger partial charge in [-0.15, -0.1) is 0 Å². The van der Waals surface area contributed by atoms with E-state index >= 15 is 0 Å². The highest BCUT2D eigenvalue weighted by molar-refractivity contribution is 9.10. The van der Waals surface area contributed by atoms with E-state index in [1.807, 2.05) is 0 Å². The van der Waals surface area contributed by atoms with Crippen molar-refractivity contribution in [1.82, 2.24) is 5.32 Å². The quantitative estimate of drug-likeness (QED) is 0.448. The molecule has 0 saturated carbocycles. The van der Waals surface area contributed by atoms with Crippen LogP contribution in [0.1, 0.15) is 28.8 Å². The van der Waals surface area contributed by atoms with E-state index in [2.05, 4.69) is 26.2 Å². The van der Waals surface area contributed by atoms with Crippen LogP contribution in [0.3, 0.4) is 0 Å². The van der Waals surface area contributed by atoms with E-state index in [-0.39, 0.29) is 38.3 Å². The lowest BCUT2D eigenvalue weighted by Crippen LogP contribution is -2.34. The van der Waals surface area contributed by atoms with Gasteiger partial charge < -0.3 is 19.9 Å². The van der Waals surface area contributed by atoms with Crippen LogP contribution in [0.25, 0.3) is 0 Å². The number of carbonyl (C=O) groups is 3. The maximum Gasteiger partial charge on any atom is 0.303 e. The average Bonchev–Trinajstić information content (AvgIpc) is 3.18. The van der Waals surface area contributed by atoms with Crippen LogP contribution in [-0.4, -0.2) is 41.9 Å². The number of rotatable bonds is 8. The summed E-state index contributed by atoms with van der Waals surface area (Å²) in [6.07, 6.45) is 0.311. The predicted octanol–water partition coefficient (Wildman–Crippen LogP) is 2.98. The van der Waals surface area contributed by atoms with E-state index in [0.29, 0.717) is 17.1 Å². The minimum Gasteiger partial charge on any atom is -0.481 e. The summed E-state index contributed by atoms with van der Waals surface area (Å²) < 4.78 is 11.4. The molecule has 1 aliphatic heterocycles. The molecule has 30 heavy (non-hydrogen) atoms. The van der Waals surface area contributed by atoms with Gasteiger partial charge in [0, 0.05) is 29.4 Å². The molecule has 3 rings (SSSR count). The Morgan fingerprint density at radius 1 is 1.10 bits per heavy atom. The maximum atomic E-state index is 12.7. The first kappa shape index (κ1) is 21.5. The number of nitrogens with one attached hydrogen (secondary N) is 1. The van der Waals surface area contributed by atoms with Crippen molar-refractivity contribution in [2.75, 3.05) is 13.3 Å². The fourth-order valence-electron chi connectivity index (χ4n) is 2.77. The number of carboxylic acid groups (broad SMARTS) is 1. The Morgan fingerprint density at radius 2 is 1.90 bits per heavy atom. The fraction of sp³-hybridized carbons (Fsp3) is 0.238. The van der Waals surface area contributed by atoms with Crippen molar-refractivity contribution in [3.05, 3.63) is 58.1 Å². The number of carboxylic acids is 1. The van der Waals surface area contributed by atoms with Crippen LogP contribution in [0.2, 0.25) is 0 Å².